The van der Waals surface area contributed by atoms with Gasteiger partial charge in [-0.1, -0.05) is 54.3 Å². The van der Waals surface area contributed by atoms with Crippen molar-refractivity contribution in [2.45, 2.75) is 28.9 Å². The molecule has 0 saturated heterocycles. The van der Waals surface area contributed by atoms with Gasteiger partial charge < -0.3 is 9.88 Å². The number of nitrogens with one attached hydrogen (secondary N) is 2. The van der Waals surface area contributed by atoms with E-state index in [1.807, 2.05) is 42.0 Å². The molecule has 37 heavy (non-hydrogen) atoms. The summed E-state index contributed by atoms with van der Waals surface area (Å²) in [7, 11) is 0. The first-order valence-electron chi connectivity index (χ1n) is 11.2. The minimum absolute atomic E-state index is 0.0507. The number of alkyl halides is 3. The number of para-hydroxylation sites is 1. The fourth-order valence-corrected chi connectivity index (χ4v) is 6.04. The van der Waals surface area contributed by atoms with E-state index >= 15 is 0 Å². The molecule has 0 saturated carbocycles. The summed E-state index contributed by atoms with van der Waals surface area (Å²) in [5, 5.41) is 14.9. The zero-order valence-electron chi connectivity index (χ0n) is 19.5. The van der Waals surface area contributed by atoms with Crippen molar-refractivity contribution < 1.29 is 22.8 Å². The number of nitrogens with zero attached hydrogens (tertiary/aromatic N) is 3. The third-order valence-corrected chi connectivity index (χ3v) is 8.02. The lowest BCUT2D eigenvalue weighted by atomic mass is 10.1. The smallest absolute Gasteiger partial charge is 0.350 e. The number of carbonyl (C=O) groups excluding carboxylic acids is 2. The Morgan fingerprint density at radius 3 is 2.68 bits per heavy atom. The van der Waals surface area contributed by atoms with Gasteiger partial charge in [0.15, 0.2) is 4.34 Å². The first kappa shape index (κ1) is 27.0. The zero-order chi connectivity index (χ0) is 26.4. The topological polar surface area (TPSA) is 88.9 Å². The van der Waals surface area contributed by atoms with E-state index in [0.717, 1.165) is 38.0 Å². The number of hydrogen-bond acceptors (Lipinski definition) is 7. The van der Waals surface area contributed by atoms with Crippen LogP contribution >= 0.6 is 34.9 Å². The van der Waals surface area contributed by atoms with Crippen molar-refractivity contribution in [3.63, 3.8) is 0 Å². The fraction of sp³-hybridized carbons (Fsp3) is 0.250. The monoisotopic (exact) mass is 565 g/mol. The van der Waals surface area contributed by atoms with E-state index in [1.54, 1.807) is 11.8 Å². The maximum Gasteiger partial charge on any atom is 0.416 e. The molecule has 0 fully saturated rings. The van der Waals surface area contributed by atoms with Crippen LogP contribution in [0.4, 0.5) is 18.3 Å². The highest BCUT2D eigenvalue weighted by Gasteiger charge is 2.30. The van der Waals surface area contributed by atoms with Crippen LogP contribution in [-0.4, -0.2) is 44.6 Å². The molecule has 7 nitrogen and oxygen atoms in total. The second-order valence-electron chi connectivity index (χ2n) is 7.68. The fourth-order valence-electron chi connectivity index (χ4n) is 3.48. The molecular formula is C24H22F3N5O2S3. The largest absolute Gasteiger partial charge is 0.416 e. The Labute approximate surface area is 223 Å². The summed E-state index contributed by atoms with van der Waals surface area (Å²) in [5.74, 6) is 0.276. The first-order chi connectivity index (χ1) is 17.7. The molecule has 13 heteroatoms. The number of rotatable bonds is 10. The molecule has 0 unspecified atom stereocenters. The molecule has 0 atom stereocenters. The molecule has 2 amide bonds. The van der Waals surface area contributed by atoms with E-state index in [1.165, 1.54) is 35.2 Å². The molecule has 2 heterocycles. The summed E-state index contributed by atoms with van der Waals surface area (Å²) >= 11 is 4.27. The van der Waals surface area contributed by atoms with Gasteiger partial charge in [-0.05, 0) is 30.0 Å². The van der Waals surface area contributed by atoms with Crippen molar-refractivity contribution in [3.05, 3.63) is 65.9 Å². The van der Waals surface area contributed by atoms with Gasteiger partial charge in [-0.15, -0.1) is 22.0 Å². The van der Waals surface area contributed by atoms with Crippen molar-refractivity contribution >= 4 is 62.7 Å². The molecule has 2 N–H and O–H groups in total. The van der Waals surface area contributed by atoms with Crippen molar-refractivity contribution in [1.82, 2.24) is 20.1 Å². The highest BCUT2D eigenvalue weighted by atomic mass is 32.2. The predicted molar refractivity (Wildman–Crippen MR) is 141 cm³/mol. The minimum Gasteiger partial charge on any atom is -0.350 e. The lowest BCUT2D eigenvalue weighted by Crippen LogP contribution is -2.27. The van der Waals surface area contributed by atoms with Gasteiger partial charge >= 0.3 is 6.18 Å². The van der Waals surface area contributed by atoms with E-state index in [0.29, 0.717) is 11.7 Å². The molecule has 0 aliphatic carbocycles. The van der Waals surface area contributed by atoms with E-state index in [9.17, 15) is 22.8 Å². The molecule has 0 bridgehead atoms. The summed E-state index contributed by atoms with van der Waals surface area (Å²) in [6.45, 7) is 2.63. The van der Waals surface area contributed by atoms with E-state index < -0.39 is 17.6 Å². The van der Waals surface area contributed by atoms with Crippen molar-refractivity contribution in [2.24, 2.45) is 0 Å². The summed E-state index contributed by atoms with van der Waals surface area (Å²) in [4.78, 5) is 25.7. The highest BCUT2D eigenvalue weighted by molar-refractivity contribution is 8.01. The second kappa shape index (κ2) is 12.0. The normalized spacial score (nSPS) is 11.6. The molecule has 0 spiro atoms. The number of hydrogen-bond donors (Lipinski definition) is 2. The Hall–Kier alpha value is -3.03. The zero-order valence-corrected chi connectivity index (χ0v) is 22.0. The number of benzene rings is 2. The van der Waals surface area contributed by atoms with E-state index in [2.05, 4.69) is 20.8 Å². The van der Waals surface area contributed by atoms with Gasteiger partial charge in [0, 0.05) is 40.6 Å². The van der Waals surface area contributed by atoms with Crippen LogP contribution in [0.5, 0.6) is 0 Å². The molecule has 4 rings (SSSR count). The summed E-state index contributed by atoms with van der Waals surface area (Å²) in [6, 6.07) is 12.0. The molecular weight excluding hydrogens is 543 g/mol. The number of thioether (sulfide) groups is 2. The lowest BCUT2D eigenvalue weighted by molar-refractivity contribution is -0.137. The third kappa shape index (κ3) is 7.05. The Kier molecular flexibility index (Phi) is 8.77. The third-order valence-electron chi connectivity index (χ3n) is 5.12. The summed E-state index contributed by atoms with van der Waals surface area (Å²) in [5.41, 5.74) is 0.00281. The van der Waals surface area contributed by atoms with Crippen LogP contribution < -0.4 is 10.6 Å². The van der Waals surface area contributed by atoms with Crippen LogP contribution in [0.2, 0.25) is 0 Å². The van der Waals surface area contributed by atoms with Crippen molar-refractivity contribution in [3.8, 4) is 0 Å². The second-order valence-corrected chi connectivity index (χ2v) is 11.2. The molecule has 0 aliphatic rings. The van der Waals surface area contributed by atoms with Gasteiger partial charge in [0.25, 0.3) is 5.91 Å². The Morgan fingerprint density at radius 2 is 1.89 bits per heavy atom. The average molecular weight is 566 g/mol. The van der Waals surface area contributed by atoms with Crippen LogP contribution in [0.3, 0.4) is 0 Å². The Morgan fingerprint density at radius 1 is 1.08 bits per heavy atom. The standard InChI is InChI=1S/C24H22F3N5O2S3/c1-2-35-23-31-30-22(37-23)29-20(33)14-36-19-13-32(18-9-4-3-8-17(18)19)11-10-28-21(34)15-6-5-7-16(12-15)24(25,26)27/h3-9,12-13H,2,10-11,14H2,1H3,(H,28,34)(H,29,30,33). The minimum atomic E-state index is -4.51. The van der Waals surface area contributed by atoms with Crippen LogP contribution in [0.25, 0.3) is 10.9 Å². The first-order valence-corrected chi connectivity index (χ1v) is 14.0. The van der Waals surface area contributed by atoms with Gasteiger partial charge in [-0.25, -0.2) is 0 Å². The molecule has 2 aromatic heterocycles. The van der Waals surface area contributed by atoms with Crippen molar-refractivity contribution in [1.29, 1.82) is 0 Å². The van der Waals surface area contributed by atoms with E-state index in [4.69, 9.17) is 0 Å². The van der Waals surface area contributed by atoms with Gasteiger partial charge in [0.05, 0.1) is 11.3 Å². The van der Waals surface area contributed by atoms with Crippen molar-refractivity contribution in [2.75, 3.05) is 23.4 Å². The molecule has 0 radical (unpaired) electrons. The van der Waals surface area contributed by atoms with Gasteiger partial charge in [-0.3, -0.25) is 14.9 Å². The number of halogens is 3. The Balaban J connectivity index is 1.36. The van der Waals surface area contributed by atoms with E-state index in [-0.39, 0.29) is 23.8 Å². The number of anilines is 1. The average Bonchev–Trinajstić information content (AvgIpc) is 3.46. The Bertz CT molecular complexity index is 1400. The number of amides is 2. The lowest BCUT2D eigenvalue weighted by Gasteiger charge is -2.10. The summed E-state index contributed by atoms with van der Waals surface area (Å²) < 4.78 is 41.6. The molecule has 2 aromatic carbocycles. The van der Waals surface area contributed by atoms with Gasteiger partial charge in [0.2, 0.25) is 11.0 Å². The maximum atomic E-state index is 12.9. The SMILES string of the molecule is CCSc1nnc(NC(=O)CSc2cn(CCNC(=O)c3cccc(C(F)(F)F)c3)c3ccccc23)s1. The molecule has 4 aromatic rings. The summed E-state index contributed by atoms with van der Waals surface area (Å²) in [6.07, 6.45) is -2.61. The van der Waals surface area contributed by atoms with Crippen LogP contribution in [-0.2, 0) is 17.5 Å². The predicted octanol–water partition coefficient (Wildman–Crippen LogP) is 5.78. The quantitative estimate of drug-likeness (QED) is 0.187. The van der Waals surface area contributed by atoms with Crippen LogP contribution in [0.15, 0.2) is 64.0 Å². The van der Waals surface area contributed by atoms with Crippen LogP contribution in [0.1, 0.15) is 22.8 Å². The number of aromatic nitrogens is 3. The number of carbonyl (C=O) groups is 2. The van der Waals surface area contributed by atoms with Gasteiger partial charge in [-0.2, -0.15) is 13.2 Å². The molecule has 0 aliphatic heterocycles. The van der Waals surface area contributed by atoms with Gasteiger partial charge in [0.1, 0.15) is 0 Å². The maximum absolute atomic E-state index is 12.9. The highest BCUT2D eigenvalue weighted by Crippen LogP contribution is 2.31. The molecule has 194 valence electrons. The number of fused-ring (bicyclic) bond motifs is 1. The van der Waals surface area contributed by atoms with Crippen LogP contribution in [0, 0.1) is 0 Å².